The molecule has 0 amide bonds. The van der Waals surface area contributed by atoms with E-state index in [2.05, 4.69) is 19.6 Å². The van der Waals surface area contributed by atoms with Crippen molar-refractivity contribution in [1.82, 2.24) is 24.1 Å². The van der Waals surface area contributed by atoms with Gasteiger partial charge in [0.1, 0.15) is 11.6 Å². The highest BCUT2D eigenvalue weighted by Gasteiger charge is 2.28. The molecule has 4 rings (SSSR count). The van der Waals surface area contributed by atoms with Gasteiger partial charge in [-0.25, -0.2) is 4.98 Å². The minimum atomic E-state index is 0.573. The van der Waals surface area contributed by atoms with E-state index in [9.17, 15) is 0 Å². The highest BCUT2D eigenvalue weighted by Crippen LogP contribution is 2.40. The molecule has 0 unspecified atom stereocenters. The van der Waals surface area contributed by atoms with Gasteiger partial charge < -0.3 is 9.30 Å². The van der Waals surface area contributed by atoms with E-state index in [1.54, 1.807) is 7.11 Å². The van der Waals surface area contributed by atoms with Crippen LogP contribution in [0.25, 0.3) is 11.4 Å². The van der Waals surface area contributed by atoms with E-state index in [4.69, 9.17) is 4.74 Å². The standard InChI is InChI=1S/C15H15N5OS2/c1-20-13(10-5-3-4-6-11(10)21-2)17-18-14(20)22-15-16-12(19-23-15)9-7-8-9/h3-6,9H,7-8H2,1-2H3. The molecule has 0 bridgehead atoms. The van der Waals surface area contributed by atoms with Gasteiger partial charge in [-0.2, -0.15) is 4.37 Å². The smallest absolute Gasteiger partial charge is 0.198 e. The van der Waals surface area contributed by atoms with Crippen molar-refractivity contribution in [2.45, 2.75) is 28.3 Å². The Morgan fingerprint density at radius 3 is 2.87 bits per heavy atom. The first-order chi connectivity index (χ1) is 11.3. The molecule has 1 aliphatic carbocycles. The molecule has 2 heterocycles. The average molecular weight is 345 g/mol. The Morgan fingerprint density at radius 2 is 2.09 bits per heavy atom. The molecule has 0 saturated heterocycles. The first kappa shape index (κ1) is 14.6. The van der Waals surface area contributed by atoms with Crippen LogP contribution in [0.2, 0.25) is 0 Å². The number of para-hydroxylation sites is 1. The van der Waals surface area contributed by atoms with E-state index >= 15 is 0 Å². The third-order valence-electron chi connectivity index (χ3n) is 3.73. The zero-order valence-electron chi connectivity index (χ0n) is 12.8. The molecule has 1 aliphatic rings. The highest BCUT2D eigenvalue weighted by molar-refractivity contribution is 8.00. The molecule has 118 valence electrons. The second-order valence-electron chi connectivity index (χ2n) is 5.36. The van der Waals surface area contributed by atoms with E-state index in [1.807, 2.05) is 35.9 Å². The molecule has 0 radical (unpaired) electrons. The molecule has 0 aliphatic heterocycles. The summed E-state index contributed by atoms with van der Waals surface area (Å²) < 4.78 is 12.7. The summed E-state index contributed by atoms with van der Waals surface area (Å²) in [4.78, 5) is 4.59. The first-order valence-electron chi connectivity index (χ1n) is 7.30. The lowest BCUT2D eigenvalue weighted by atomic mass is 10.2. The van der Waals surface area contributed by atoms with Crippen molar-refractivity contribution in [2.24, 2.45) is 7.05 Å². The van der Waals surface area contributed by atoms with Gasteiger partial charge in [0.2, 0.25) is 0 Å². The fourth-order valence-corrected chi connectivity index (χ4v) is 3.90. The lowest BCUT2D eigenvalue weighted by Crippen LogP contribution is -1.96. The fourth-order valence-electron chi connectivity index (χ4n) is 2.31. The van der Waals surface area contributed by atoms with Crippen molar-refractivity contribution in [3.8, 4) is 17.1 Å². The molecule has 0 N–H and O–H groups in total. The summed E-state index contributed by atoms with van der Waals surface area (Å²) in [5.41, 5.74) is 0.924. The van der Waals surface area contributed by atoms with Crippen LogP contribution < -0.4 is 4.74 Å². The summed E-state index contributed by atoms with van der Waals surface area (Å²) >= 11 is 2.93. The Bertz CT molecular complexity index is 840. The van der Waals surface area contributed by atoms with Crippen LogP contribution in [0.4, 0.5) is 0 Å². The van der Waals surface area contributed by atoms with E-state index in [1.165, 1.54) is 36.1 Å². The lowest BCUT2D eigenvalue weighted by molar-refractivity contribution is 0.416. The van der Waals surface area contributed by atoms with Gasteiger partial charge in [0, 0.05) is 13.0 Å². The van der Waals surface area contributed by atoms with E-state index in [0.29, 0.717) is 5.92 Å². The van der Waals surface area contributed by atoms with E-state index < -0.39 is 0 Å². The maximum Gasteiger partial charge on any atom is 0.198 e. The van der Waals surface area contributed by atoms with E-state index in [-0.39, 0.29) is 0 Å². The van der Waals surface area contributed by atoms with Gasteiger partial charge in [-0.05, 0) is 48.3 Å². The van der Waals surface area contributed by atoms with Crippen molar-refractivity contribution < 1.29 is 4.74 Å². The van der Waals surface area contributed by atoms with Crippen LogP contribution in [0.1, 0.15) is 24.6 Å². The molecule has 1 aromatic carbocycles. The van der Waals surface area contributed by atoms with Crippen molar-refractivity contribution in [1.29, 1.82) is 0 Å². The lowest BCUT2D eigenvalue weighted by Gasteiger charge is -2.07. The molecule has 1 saturated carbocycles. The molecule has 8 heteroatoms. The molecule has 3 aromatic rings. The summed E-state index contributed by atoms with van der Waals surface area (Å²) in [6.45, 7) is 0. The van der Waals surface area contributed by atoms with Crippen LogP contribution in [-0.4, -0.2) is 31.2 Å². The quantitative estimate of drug-likeness (QED) is 0.706. The van der Waals surface area contributed by atoms with Gasteiger partial charge in [-0.1, -0.05) is 12.1 Å². The fraction of sp³-hybridized carbons (Fsp3) is 0.333. The molecule has 0 spiro atoms. The predicted molar refractivity (Wildman–Crippen MR) is 89.0 cm³/mol. The Kier molecular flexibility index (Phi) is 3.78. The average Bonchev–Trinajstić information content (AvgIpc) is 3.23. The van der Waals surface area contributed by atoms with Crippen molar-refractivity contribution in [3.05, 3.63) is 30.1 Å². The number of aromatic nitrogens is 5. The monoisotopic (exact) mass is 345 g/mol. The normalized spacial score (nSPS) is 14.2. The van der Waals surface area contributed by atoms with Crippen LogP contribution >= 0.6 is 23.3 Å². The molecular weight excluding hydrogens is 330 g/mol. The van der Waals surface area contributed by atoms with Crippen LogP contribution in [0.3, 0.4) is 0 Å². The third kappa shape index (κ3) is 2.84. The molecule has 6 nitrogen and oxygen atoms in total. The molecule has 2 aromatic heterocycles. The van der Waals surface area contributed by atoms with E-state index in [0.717, 1.165) is 32.5 Å². The minimum Gasteiger partial charge on any atom is -0.496 e. The summed E-state index contributed by atoms with van der Waals surface area (Å²) in [5, 5.41) is 9.40. The summed E-state index contributed by atoms with van der Waals surface area (Å²) in [6, 6.07) is 7.80. The van der Waals surface area contributed by atoms with Crippen LogP contribution in [0.15, 0.2) is 33.8 Å². The van der Waals surface area contributed by atoms with Crippen LogP contribution in [0.5, 0.6) is 5.75 Å². The predicted octanol–water partition coefficient (Wildman–Crippen LogP) is 3.37. The Hall–Kier alpha value is -1.93. The Balaban J connectivity index is 1.62. The number of benzene rings is 1. The molecule has 1 fully saturated rings. The Morgan fingerprint density at radius 1 is 1.26 bits per heavy atom. The zero-order chi connectivity index (χ0) is 15.8. The molecule has 23 heavy (non-hydrogen) atoms. The number of rotatable bonds is 5. The summed E-state index contributed by atoms with van der Waals surface area (Å²) in [7, 11) is 3.61. The second-order valence-corrected chi connectivity index (χ2v) is 7.33. The highest BCUT2D eigenvalue weighted by atomic mass is 32.2. The largest absolute Gasteiger partial charge is 0.496 e. The summed E-state index contributed by atoms with van der Waals surface area (Å²) in [6.07, 6.45) is 2.42. The van der Waals surface area contributed by atoms with Crippen molar-refractivity contribution >= 4 is 23.3 Å². The van der Waals surface area contributed by atoms with Gasteiger partial charge in [0.15, 0.2) is 15.3 Å². The number of hydrogen-bond donors (Lipinski definition) is 0. The zero-order valence-corrected chi connectivity index (χ0v) is 14.4. The van der Waals surface area contributed by atoms with Gasteiger partial charge in [-0.15, -0.1) is 10.2 Å². The maximum absolute atomic E-state index is 5.41. The molecular formula is C15H15N5OS2. The van der Waals surface area contributed by atoms with Crippen LogP contribution in [0, 0.1) is 0 Å². The number of methoxy groups -OCH3 is 1. The third-order valence-corrected chi connectivity index (χ3v) is 5.53. The number of nitrogens with zero attached hydrogens (tertiary/aromatic N) is 5. The number of ether oxygens (including phenoxy) is 1. The first-order valence-corrected chi connectivity index (χ1v) is 8.89. The van der Waals surface area contributed by atoms with Crippen LogP contribution in [-0.2, 0) is 7.05 Å². The molecule has 0 atom stereocenters. The second kappa shape index (κ2) is 5.93. The summed E-state index contributed by atoms with van der Waals surface area (Å²) in [5.74, 6) is 3.11. The number of hydrogen-bond acceptors (Lipinski definition) is 7. The minimum absolute atomic E-state index is 0.573. The maximum atomic E-state index is 5.41. The Labute approximate surface area is 142 Å². The SMILES string of the molecule is COc1ccccc1-c1nnc(Sc2nc(C3CC3)ns2)n1C. The van der Waals surface area contributed by atoms with Gasteiger partial charge >= 0.3 is 0 Å². The van der Waals surface area contributed by atoms with Gasteiger partial charge in [-0.3, -0.25) is 0 Å². The van der Waals surface area contributed by atoms with Crippen molar-refractivity contribution in [3.63, 3.8) is 0 Å². The topological polar surface area (TPSA) is 65.7 Å². The van der Waals surface area contributed by atoms with Gasteiger partial charge in [0.05, 0.1) is 12.7 Å². The van der Waals surface area contributed by atoms with Crippen molar-refractivity contribution in [2.75, 3.05) is 7.11 Å². The van der Waals surface area contributed by atoms with Gasteiger partial charge in [0.25, 0.3) is 0 Å².